The van der Waals surface area contributed by atoms with Gasteiger partial charge in [0.25, 0.3) is 5.56 Å². The van der Waals surface area contributed by atoms with Gasteiger partial charge in [0.1, 0.15) is 11.9 Å². The molecule has 2 heterocycles. The average Bonchev–Trinajstić information content (AvgIpc) is 2.99. The summed E-state index contributed by atoms with van der Waals surface area (Å²) in [4.78, 5) is 44.1. The lowest BCUT2D eigenvalue weighted by Crippen LogP contribution is -2.42. The summed E-state index contributed by atoms with van der Waals surface area (Å²) in [5, 5.41) is 12.4. The molecule has 0 spiro atoms. The molecule has 0 atom stereocenters. The molecule has 1 aliphatic carbocycles. The molecule has 8 nitrogen and oxygen atoms in total. The summed E-state index contributed by atoms with van der Waals surface area (Å²) in [6, 6.07) is 10.6. The molecule has 0 aliphatic heterocycles. The van der Waals surface area contributed by atoms with Gasteiger partial charge in [-0.2, -0.15) is 18.4 Å². The molecule has 2 aromatic heterocycles. The van der Waals surface area contributed by atoms with Gasteiger partial charge in [0.15, 0.2) is 0 Å². The summed E-state index contributed by atoms with van der Waals surface area (Å²) < 4.78 is 57.6. The molecule has 0 bridgehead atoms. The molecule has 43 heavy (non-hydrogen) atoms. The Morgan fingerprint density at radius 1 is 1.05 bits per heavy atom. The summed E-state index contributed by atoms with van der Waals surface area (Å²) in [7, 11) is 0. The summed E-state index contributed by atoms with van der Waals surface area (Å²) >= 11 is 0. The number of carbonyl (C=O) groups excluding carboxylic acids is 1. The Labute approximate surface area is 243 Å². The quantitative estimate of drug-likeness (QED) is 0.302. The lowest BCUT2D eigenvalue weighted by atomic mass is 9.81. The minimum absolute atomic E-state index is 0.00402. The fourth-order valence-electron chi connectivity index (χ4n) is 5.77. The predicted octanol–water partition coefficient (Wildman–Crippen LogP) is 5.39. The van der Waals surface area contributed by atoms with Crippen LogP contribution in [0.1, 0.15) is 47.9 Å². The largest absolute Gasteiger partial charge is 0.417 e. The van der Waals surface area contributed by atoms with Crippen molar-refractivity contribution in [3.05, 3.63) is 104 Å². The van der Waals surface area contributed by atoms with E-state index in [1.54, 1.807) is 30.6 Å². The maximum atomic E-state index is 14.6. The van der Waals surface area contributed by atoms with E-state index >= 15 is 0 Å². The van der Waals surface area contributed by atoms with E-state index in [4.69, 9.17) is 0 Å². The lowest BCUT2D eigenvalue weighted by Gasteiger charge is -2.28. The molecule has 0 saturated heterocycles. The monoisotopic (exact) mass is 593 g/mol. The van der Waals surface area contributed by atoms with Crippen molar-refractivity contribution in [1.29, 1.82) is 5.26 Å². The number of anilines is 1. The third kappa shape index (κ3) is 5.93. The zero-order chi connectivity index (χ0) is 30.9. The maximum Gasteiger partial charge on any atom is 0.417 e. The number of aromatic nitrogens is 3. The van der Waals surface area contributed by atoms with Gasteiger partial charge in [-0.15, -0.1) is 0 Å². The maximum absolute atomic E-state index is 14.6. The fraction of sp³-hybridized carbons (Fsp3) is 0.323. The van der Waals surface area contributed by atoms with E-state index in [1.807, 2.05) is 0 Å². The first-order valence-corrected chi connectivity index (χ1v) is 13.7. The second-order valence-corrected chi connectivity index (χ2v) is 10.7. The van der Waals surface area contributed by atoms with Gasteiger partial charge in [0.05, 0.1) is 28.6 Å². The average molecular weight is 594 g/mol. The first-order chi connectivity index (χ1) is 20.5. The molecule has 0 unspecified atom stereocenters. The number of pyridine rings is 1. The number of nitrogens with zero attached hydrogens (tertiary/aromatic N) is 4. The number of nitriles is 1. The van der Waals surface area contributed by atoms with E-state index in [-0.39, 0.29) is 46.3 Å². The molecule has 12 heteroatoms. The number of fused-ring (bicyclic) bond motifs is 1. The van der Waals surface area contributed by atoms with E-state index in [1.165, 1.54) is 19.1 Å². The second-order valence-electron chi connectivity index (χ2n) is 10.7. The van der Waals surface area contributed by atoms with Gasteiger partial charge >= 0.3 is 11.9 Å². The molecule has 5 rings (SSSR count). The normalized spacial score (nSPS) is 17.0. The second kappa shape index (κ2) is 11.8. The molecule has 2 aromatic carbocycles. The van der Waals surface area contributed by atoms with Crippen molar-refractivity contribution in [2.75, 3.05) is 5.32 Å². The lowest BCUT2D eigenvalue weighted by molar-refractivity contribution is -0.137. The highest BCUT2D eigenvalue weighted by atomic mass is 19.4. The number of aryl methyl sites for hydroxylation is 1. The fourth-order valence-corrected chi connectivity index (χ4v) is 5.77. The van der Waals surface area contributed by atoms with Crippen LogP contribution in [-0.2, 0) is 24.1 Å². The van der Waals surface area contributed by atoms with Gasteiger partial charge in [-0.3, -0.25) is 23.7 Å². The zero-order valence-corrected chi connectivity index (χ0v) is 23.1. The van der Waals surface area contributed by atoms with Crippen LogP contribution in [0.15, 0.2) is 64.4 Å². The molecular formula is C31H27F4N5O3. The Morgan fingerprint density at radius 2 is 1.74 bits per heavy atom. The van der Waals surface area contributed by atoms with Crippen molar-refractivity contribution < 1.29 is 22.4 Å². The molecule has 1 fully saturated rings. The van der Waals surface area contributed by atoms with Crippen molar-refractivity contribution in [2.24, 2.45) is 11.8 Å². The number of hydrogen-bond donors (Lipinski definition) is 1. The molecule has 1 aliphatic rings. The van der Waals surface area contributed by atoms with E-state index in [0.29, 0.717) is 31.4 Å². The van der Waals surface area contributed by atoms with E-state index < -0.39 is 40.9 Å². The summed E-state index contributed by atoms with van der Waals surface area (Å²) in [6.07, 6.45) is 0.508. The van der Waals surface area contributed by atoms with Crippen LogP contribution in [0.5, 0.6) is 0 Å². The topological polar surface area (TPSA) is 110 Å². The van der Waals surface area contributed by atoms with E-state index in [0.717, 1.165) is 27.3 Å². The van der Waals surface area contributed by atoms with Crippen LogP contribution >= 0.6 is 0 Å². The van der Waals surface area contributed by atoms with Crippen LogP contribution in [-0.4, -0.2) is 20.0 Å². The van der Waals surface area contributed by atoms with Crippen molar-refractivity contribution in [1.82, 2.24) is 14.1 Å². The molecule has 4 aromatic rings. The number of amides is 1. The summed E-state index contributed by atoms with van der Waals surface area (Å²) in [5.41, 5.74) is -2.60. The Morgan fingerprint density at radius 3 is 2.40 bits per heavy atom. The molecule has 0 radical (unpaired) electrons. The van der Waals surface area contributed by atoms with Crippen LogP contribution in [0.4, 0.5) is 23.2 Å². The van der Waals surface area contributed by atoms with E-state index in [2.05, 4.69) is 10.3 Å². The van der Waals surface area contributed by atoms with Crippen LogP contribution < -0.4 is 16.6 Å². The molecule has 1 amide bonds. The van der Waals surface area contributed by atoms with Crippen molar-refractivity contribution in [3.8, 4) is 6.07 Å². The number of benzene rings is 2. The summed E-state index contributed by atoms with van der Waals surface area (Å²) in [6.45, 7) is 0.960. The van der Waals surface area contributed by atoms with Crippen molar-refractivity contribution in [2.45, 2.75) is 51.9 Å². The van der Waals surface area contributed by atoms with Crippen molar-refractivity contribution in [3.63, 3.8) is 0 Å². The Kier molecular flexibility index (Phi) is 8.17. The highest BCUT2D eigenvalue weighted by Gasteiger charge is 2.35. The van der Waals surface area contributed by atoms with Gasteiger partial charge < -0.3 is 5.32 Å². The first-order valence-electron chi connectivity index (χ1n) is 13.7. The third-order valence-electron chi connectivity index (χ3n) is 8.09. The standard InChI is InChI=1S/C31H27F4N5O3/c1-18-25(32)9-10-26-27(18)29(42)40(16-19-5-7-20(8-6-19)28(41)38-22-11-13-37-14-12-22)30(43)39(26)17-21-3-2-4-24(23(21)15-36)31(33,34)35/h2-4,9-14,19-20H,5-8,16-17H2,1H3,(H,37,38,41). The first kappa shape index (κ1) is 29.7. The van der Waals surface area contributed by atoms with Gasteiger partial charge in [-0.1, -0.05) is 12.1 Å². The molecular weight excluding hydrogens is 566 g/mol. The van der Waals surface area contributed by atoms with Gasteiger partial charge in [-0.05, 0) is 80.0 Å². The minimum atomic E-state index is -4.79. The van der Waals surface area contributed by atoms with Crippen LogP contribution in [0, 0.1) is 35.9 Å². The Balaban J connectivity index is 1.48. The molecule has 1 saturated carbocycles. The van der Waals surface area contributed by atoms with Gasteiger partial charge in [0.2, 0.25) is 5.91 Å². The van der Waals surface area contributed by atoms with Gasteiger partial charge in [-0.25, -0.2) is 9.18 Å². The highest BCUT2D eigenvalue weighted by Crippen LogP contribution is 2.34. The molecule has 1 N–H and O–H groups in total. The third-order valence-corrected chi connectivity index (χ3v) is 8.09. The predicted molar refractivity (Wildman–Crippen MR) is 151 cm³/mol. The Hall–Kier alpha value is -4.79. The zero-order valence-electron chi connectivity index (χ0n) is 23.1. The number of hydrogen-bond acceptors (Lipinski definition) is 5. The molecule has 222 valence electrons. The summed E-state index contributed by atoms with van der Waals surface area (Å²) in [5.74, 6) is -1.19. The number of halogens is 4. The SMILES string of the molecule is Cc1c(F)ccc2c1c(=O)n(CC1CCC(C(=O)Nc3ccncc3)CC1)c(=O)n2Cc1cccc(C(F)(F)F)c1C#N. The Bertz CT molecular complexity index is 1850. The minimum Gasteiger partial charge on any atom is -0.326 e. The van der Waals surface area contributed by atoms with E-state index in [9.17, 15) is 37.2 Å². The smallest absolute Gasteiger partial charge is 0.326 e. The van der Waals surface area contributed by atoms with Gasteiger partial charge in [0, 0.05) is 30.5 Å². The number of rotatable bonds is 6. The van der Waals surface area contributed by atoms with Crippen LogP contribution in [0.25, 0.3) is 10.9 Å². The van der Waals surface area contributed by atoms with Crippen LogP contribution in [0.2, 0.25) is 0 Å². The number of alkyl halides is 3. The van der Waals surface area contributed by atoms with Crippen molar-refractivity contribution >= 4 is 22.5 Å². The highest BCUT2D eigenvalue weighted by molar-refractivity contribution is 5.92. The number of carbonyl (C=O) groups is 1. The van der Waals surface area contributed by atoms with Crippen LogP contribution in [0.3, 0.4) is 0 Å². The number of nitrogens with one attached hydrogen (secondary N) is 1.